The van der Waals surface area contributed by atoms with Crippen molar-refractivity contribution in [2.75, 3.05) is 0 Å². The van der Waals surface area contributed by atoms with Crippen LogP contribution in [0, 0.1) is 5.92 Å². The third-order valence-electron chi connectivity index (χ3n) is 2.04. The first-order chi connectivity index (χ1) is 4.72. The summed E-state index contributed by atoms with van der Waals surface area (Å²) in [7, 11) is 0. The van der Waals surface area contributed by atoms with Crippen LogP contribution in [-0.2, 0) is 4.84 Å². The largest absolute Gasteiger partial charge is 0.253 e. The predicted octanol–water partition coefficient (Wildman–Crippen LogP) is 0.624. The molecule has 1 unspecified atom stereocenters. The van der Waals surface area contributed by atoms with Crippen LogP contribution < -0.4 is 5.48 Å². The molecule has 3 nitrogen and oxygen atoms in total. The Morgan fingerprint density at radius 1 is 1.90 bits per heavy atom. The second kappa shape index (κ2) is 1.69. The molecule has 1 N–H and O–H groups in total. The van der Waals surface area contributed by atoms with Gasteiger partial charge in [0.25, 0.3) is 0 Å². The van der Waals surface area contributed by atoms with Crippen molar-refractivity contribution < 1.29 is 9.23 Å². The SMILES string of the molecule is CC1([C@H]2C[C@H]2F)N=CNO1. The van der Waals surface area contributed by atoms with Gasteiger partial charge in [0.05, 0.1) is 0 Å². The summed E-state index contributed by atoms with van der Waals surface area (Å²) in [5.74, 6) is -0.0428. The number of hydrogen-bond donors (Lipinski definition) is 1. The summed E-state index contributed by atoms with van der Waals surface area (Å²) in [5.41, 5.74) is 1.86. The molecule has 0 spiro atoms. The Kier molecular flexibility index (Phi) is 1.03. The van der Waals surface area contributed by atoms with E-state index in [0.29, 0.717) is 6.42 Å². The first-order valence-corrected chi connectivity index (χ1v) is 3.34. The summed E-state index contributed by atoms with van der Waals surface area (Å²) in [6, 6.07) is 0. The fraction of sp³-hybridized carbons (Fsp3) is 0.833. The quantitative estimate of drug-likeness (QED) is 0.585. The van der Waals surface area contributed by atoms with Crippen LogP contribution in [0.25, 0.3) is 0 Å². The van der Waals surface area contributed by atoms with Crippen molar-refractivity contribution in [3.63, 3.8) is 0 Å². The lowest BCUT2D eigenvalue weighted by Gasteiger charge is -2.16. The summed E-state index contributed by atoms with van der Waals surface area (Å²) in [5, 5.41) is 0. The summed E-state index contributed by atoms with van der Waals surface area (Å²) in [6.07, 6.45) is 1.32. The van der Waals surface area contributed by atoms with Crippen LogP contribution in [0.1, 0.15) is 13.3 Å². The molecule has 2 rings (SSSR count). The fourth-order valence-electron chi connectivity index (χ4n) is 1.22. The third-order valence-corrected chi connectivity index (χ3v) is 2.04. The van der Waals surface area contributed by atoms with E-state index in [9.17, 15) is 4.39 Å². The number of nitrogens with zero attached hydrogens (tertiary/aromatic N) is 1. The van der Waals surface area contributed by atoms with E-state index in [1.807, 2.05) is 0 Å². The smallest absolute Gasteiger partial charge is 0.189 e. The monoisotopic (exact) mass is 144 g/mol. The van der Waals surface area contributed by atoms with Gasteiger partial charge in [0, 0.05) is 5.92 Å². The average molecular weight is 144 g/mol. The van der Waals surface area contributed by atoms with Gasteiger partial charge in [0.15, 0.2) is 5.72 Å². The van der Waals surface area contributed by atoms with Crippen LogP contribution in [0.4, 0.5) is 4.39 Å². The van der Waals surface area contributed by atoms with E-state index in [2.05, 4.69) is 10.5 Å². The first-order valence-electron chi connectivity index (χ1n) is 3.34. The minimum Gasteiger partial charge on any atom is -0.253 e. The minimum absolute atomic E-state index is 0.0428. The van der Waals surface area contributed by atoms with Gasteiger partial charge in [-0.15, -0.1) is 0 Å². The molecule has 4 heteroatoms. The molecule has 10 heavy (non-hydrogen) atoms. The maximum absolute atomic E-state index is 12.5. The molecule has 0 aromatic heterocycles. The Bertz CT molecular complexity index is 185. The van der Waals surface area contributed by atoms with Crippen molar-refractivity contribution >= 4 is 6.34 Å². The van der Waals surface area contributed by atoms with Gasteiger partial charge in [0.2, 0.25) is 0 Å². The number of alkyl halides is 1. The van der Waals surface area contributed by atoms with Crippen LogP contribution in [0.5, 0.6) is 0 Å². The number of aliphatic imine (C=N–C) groups is 1. The molecule has 2 aliphatic rings. The van der Waals surface area contributed by atoms with E-state index >= 15 is 0 Å². The predicted molar refractivity (Wildman–Crippen MR) is 34.1 cm³/mol. The zero-order valence-corrected chi connectivity index (χ0v) is 5.67. The highest BCUT2D eigenvalue weighted by molar-refractivity contribution is 5.55. The Hall–Kier alpha value is -0.640. The fourth-order valence-corrected chi connectivity index (χ4v) is 1.22. The summed E-state index contributed by atoms with van der Waals surface area (Å²) >= 11 is 0. The highest BCUT2D eigenvalue weighted by Crippen LogP contribution is 2.45. The topological polar surface area (TPSA) is 33.6 Å². The third kappa shape index (κ3) is 0.718. The van der Waals surface area contributed by atoms with Gasteiger partial charge in [-0.2, -0.15) is 0 Å². The standard InChI is InChI=1S/C6H9FN2O/c1-6(4-2-5(4)7)8-3-9-10-6/h3-5H,2H2,1H3,(H,8,9)/t4-,5+,6?/m0/s1. The Morgan fingerprint density at radius 3 is 3.00 bits per heavy atom. The van der Waals surface area contributed by atoms with E-state index in [4.69, 9.17) is 4.84 Å². The van der Waals surface area contributed by atoms with Gasteiger partial charge < -0.3 is 0 Å². The van der Waals surface area contributed by atoms with Crippen molar-refractivity contribution in [2.45, 2.75) is 25.2 Å². The zero-order valence-electron chi connectivity index (χ0n) is 5.67. The van der Waals surface area contributed by atoms with Crippen LogP contribution in [0.2, 0.25) is 0 Å². The van der Waals surface area contributed by atoms with Gasteiger partial charge in [-0.25, -0.2) is 14.2 Å². The van der Waals surface area contributed by atoms with Gasteiger partial charge in [-0.1, -0.05) is 0 Å². The number of hydroxylamine groups is 1. The van der Waals surface area contributed by atoms with E-state index in [-0.39, 0.29) is 5.92 Å². The molecule has 0 aromatic rings. The zero-order chi connectivity index (χ0) is 7.19. The van der Waals surface area contributed by atoms with Crippen LogP contribution in [0.15, 0.2) is 4.99 Å². The van der Waals surface area contributed by atoms with Crippen molar-refractivity contribution in [1.29, 1.82) is 0 Å². The van der Waals surface area contributed by atoms with Gasteiger partial charge in [0.1, 0.15) is 12.5 Å². The van der Waals surface area contributed by atoms with Crippen molar-refractivity contribution in [2.24, 2.45) is 10.9 Å². The van der Waals surface area contributed by atoms with Gasteiger partial charge in [-0.05, 0) is 13.3 Å². The molecule has 1 fully saturated rings. The van der Waals surface area contributed by atoms with E-state index in [0.717, 1.165) is 0 Å². The molecule has 0 saturated heterocycles. The maximum atomic E-state index is 12.5. The molecule has 3 atom stereocenters. The lowest BCUT2D eigenvalue weighted by Crippen LogP contribution is -2.29. The second-order valence-corrected chi connectivity index (χ2v) is 2.89. The Morgan fingerprint density at radius 2 is 2.60 bits per heavy atom. The number of hydrogen-bond acceptors (Lipinski definition) is 3. The molecule has 0 aromatic carbocycles. The molecule has 1 saturated carbocycles. The maximum Gasteiger partial charge on any atom is 0.189 e. The van der Waals surface area contributed by atoms with Crippen molar-refractivity contribution in [3.05, 3.63) is 0 Å². The normalized spacial score (nSPS) is 51.0. The molecule has 0 radical (unpaired) electrons. The molecule has 56 valence electrons. The van der Waals surface area contributed by atoms with Crippen molar-refractivity contribution in [3.8, 4) is 0 Å². The molecule has 1 aliphatic carbocycles. The highest BCUT2D eigenvalue weighted by Gasteiger charge is 2.53. The average Bonchev–Trinajstić information content (AvgIpc) is 2.44. The van der Waals surface area contributed by atoms with Crippen molar-refractivity contribution in [1.82, 2.24) is 5.48 Å². The molecule has 1 heterocycles. The molecular formula is C6H9FN2O. The number of nitrogens with one attached hydrogen (secondary N) is 1. The van der Waals surface area contributed by atoms with Crippen LogP contribution >= 0.6 is 0 Å². The van der Waals surface area contributed by atoms with Gasteiger partial charge >= 0.3 is 0 Å². The lowest BCUT2D eigenvalue weighted by molar-refractivity contribution is -0.0597. The van der Waals surface area contributed by atoms with Gasteiger partial charge in [-0.3, -0.25) is 5.48 Å². The first kappa shape index (κ1) is 6.09. The number of halogens is 1. The molecule has 0 amide bonds. The molecular weight excluding hydrogens is 135 g/mol. The van der Waals surface area contributed by atoms with E-state index < -0.39 is 11.9 Å². The Balaban J connectivity index is 2.08. The molecule has 1 aliphatic heterocycles. The Labute approximate surface area is 58.2 Å². The van der Waals surface area contributed by atoms with Crippen LogP contribution in [-0.4, -0.2) is 18.2 Å². The summed E-state index contributed by atoms with van der Waals surface area (Å²) < 4.78 is 12.5. The number of rotatable bonds is 1. The molecule has 0 bridgehead atoms. The summed E-state index contributed by atoms with van der Waals surface area (Å²) in [6.45, 7) is 1.79. The second-order valence-electron chi connectivity index (χ2n) is 2.89. The summed E-state index contributed by atoms with van der Waals surface area (Å²) in [4.78, 5) is 9.00. The minimum atomic E-state index is -0.720. The highest BCUT2D eigenvalue weighted by atomic mass is 19.1. The van der Waals surface area contributed by atoms with Crippen LogP contribution in [0.3, 0.4) is 0 Å². The van der Waals surface area contributed by atoms with E-state index in [1.165, 1.54) is 6.34 Å². The lowest BCUT2D eigenvalue weighted by atomic mass is 10.2. The van der Waals surface area contributed by atoms with E-state index in [1.54, 1.807) is 6.92 Å².